The lowest BCUT2D eigenvalue weighted by atomic mass is 10.1. The van der Waals surface area contributed by atoms with Gasteiger partial charge in [-0.1, -0.05) is 97.3 Å². The first kappa shape index (κ1) is 20.0. The number of unbranched alkanes of at least 4 members (excludes halogenated alkanes) is 13. The lowest BCUT2D eigenvalue weighted by molar-refractivity contribution is 0.532. The van der Waals surface area contributed by atoms with Crippen molar-refractivity contribution in [2.45, 2.75) is 110 Å². The molecule has 0 unspecified atom stereocenters. The molecule has 0 aliphatic carbocycles. The van der Waals surface area contributed by atoms with Gasteiger partial charge in [0.15, 0.2) is 0 Å². The molecule has 0 saturated heterocycles. The van der Waals surface area contributed by atoms with Crippen LogP contribution in [0, 0.1) is 0 Å². The summed E-state index contributed by atoms with van der Waals surface area (Å²) in [5.41, 5.74) is 0. The van der Waals surface area contributed by atoms with Crippen molar-refractivity contribution in [3.63, 3.8) is 0 Å². The molecule has 122 valence electrons. The quantitative estimate of drug-likeness (QED) is 0.302. The van der Waals surface area contributed by atoms with Crippen LogP contribution in [0.4, 0.5) is 0 Å². The number of hydrogen-bond donors (Lipinski definition) is 1. The molecule has 1 heteroatoms. The van der Waals surface area contributed by atoms with Crippen LogP contribution < -0.4 is 5.32 Å². The van der Waals surface area contributed by atoms with Crippen molar-refractivity contribution in [2.24, 2.45) is 0 Å². The summed E-state index contributed by atoms with van der Waals surface area (Å²) in [6, 6.07) is 0. The Kier molecular flexibility index (Phi) is 18.9. The molecule has 0 heterocycles. The summed E-state index contributed by atoms with van der Waals surface area (Å²) in [5.74, 6) is 0. The summed E-state index contributed by atoms with van der Waals surface area (Å²) in [4.78, 5) is 0. The number of rotatable bonds is 17. The van der Waals surface area contributed by atoms with Crippen molar-refractivity contribution in [2.75, 3.05) is 13.1 Å². The molecule has 20 heavy (non-hydrogen) atoms. The zero-order valence-corrected chi connectivity index (χ0v) is 14.5. The predicted octanol–water partition coefficient (Wildman–Crippen LogP) is 6.47. The Labute approximate surface area is 129 Å². The molecule has 0 bridgehead atoms. The zero-order chi connectivity index (χ0) is 14.7. The Morgan fingerprint density at radius 2 is 0.700 bits per heavy atom. The molecule has 0 aliphatic heterocycles. The third kappa shape index (κ3) is 18.0. The Hall–Kier alpha value is -0.0400. The second kappa shape index (κ2) is 19.0. The van der Waals surface area contributed by atoms with Gasteiger partial charge in [-0.3, -0.25) is 0 Å². The van der Waals surface area contributed by atoms with E-state index in [1.165, 1.54) is 109 Å². The maximum atomic E-state index is 3.58. The third-order valence-corrected chi connectivity index (χ3v) is 4.16. The molecule has 1 nitrogen and oxygen atoms in total. The molecule has 0 aliphatic rings. The van der Waals surface area contributed by atoms with Gasteiger partial charge in [0, 0.05) is 0 Å². The van der Waals surface area contributed by atoms with E-state index < -0.39 is 0 Å². The van der Waals surface area contributed by atoms with E-state index in [-0.39, 0.29) is 0 Å². The summed E-state index contributed by atoms with van der Waals surface area (Å²) in [6.45, 7) is 7.04. The van der Waals surface area contributed by atoms with Crippen LogP contribution in [-0.4, -0.2) is 13.1 Å². The van der Waals surface area contributed by atoms with Gasteiger partial charge in [-0.2, -0.15) is 0 Å². The van der Waals surface area contributed by atoms with Crippen molar-refractivity contribution in [3.05, 3.63) is 0 Å². The van der Waals surface area contributed by atoms with Gasteiger partial charge in [0.1, 0.15) is 0 Å². The predicted molar refractivity (Wildman–Crippen MR) is 93.5 cm³/mol. The standard InChI is InChI=1S/C19H41N/c1-3-5-7-9-10-11-12-13-14-15-17-19-20-18-16-8-6-4-2/h20H,3-19H2,1-2H3. The fraction of sp³-hybridized carbons (Fsp3) is 1.00. The zero-order valence-electron chi connectivity index (χ0n) is 14.5. The van der Waals surface area contributed by atoms with Crippen molar-refractivity contribution in [1.29, 1.82) is 0 Å². The third-order valence-electron chi connectivity index (χ3n) is 4.16. The van der Waals surface area contributed by atoms with E-state index in [4.69, 9.17) is 0 Å². The maximum absolute atomic E-state index is 3.58. The normalized spacial score (nSPS) is 11.1. The minimum absolute atomic E-state index is 1.23. The average molecular weight is 284 g/mol. The first-order valence-electron chi connectivity index (χ1n) is 9.62. The van der Waals surface area contributed by atoms with Crippen LogP contribution in [0.1, 0.15) is 110 Å². The molecule has 0 atom stereocenters. The Bertz CT molecular complexity index is 138. The van der Waals surface area contributed by atoms with Crippen LogP contribution in [0.3, 0.4) is 0 Å². The average Bonchev–Trinajstić information content (AvgIpc) is 2.47. The Morgan fingerprint density at radius 1 is 0.400 bits per heavy atom. The van der Waals surface area contributed by atoms with Crippen LogP contribution in [0.15, 0.2) is 0 Å². The second-order valence-electron chi connectivity index (χ2n) is 6.35. The topological polar surface area (TPSA) is 12.0 Å². The summed E-state index contributed by atoms with van der Waals surface area (Å²) in [7, 11) is 0. The molecule has 1 N–H and O–H groups in total. The van der Waals surface area contributed by atoms with E-state index in [1.54, 1.807) is 0 Å². The molecule has 0 aromatic heterocycles. The van der Waals surface area contributed by atoms with Crippen LogP contribution in [0.5, 0.6) is 0 Å². The SMILES string of the molecule is CCCCCCCCCCCCCNCCCCCC. The van der Waals surface area contributed by atoms with Crippen LogP contribution in [0.2, 0.25) is 0 Å². The Balaban J connectivity index is 2.89. The molecule has 0 amide bonds. The molecular weight excluding hydrogens is 242 g/mol. The highest BCUT2D eigenvalue weighted by atomic mass is 14.8. The van der Waals surface area contributed by atoms with Crippen molar-refractivity contribution in [3.8, 4) is 0 Å². The van der Waals surface area contributed by atoms with Gasteiger partial charge in [0.25, 0.3) is 0 Å². The molecule has 0 saturated carbocycles. The highest BCUT2D eigenvalue weighted by Gasteiger charge is 1.93. The molecular formula is C19H41N. The van der Waals surface area contributed by atoms with E-state index in [0.29, 0.717) is 0 Å². The largest absolute Gasteiger partial charge is 0.317 e. The van der Waals surface area contributed by atoms with Crippen molar-refractivity contribution in [1.82, 2.24) is 5.32 Å². The first-order chi connectivity index (χ1) is 9.91. The van der Waals surface area contributed by atoms with E-state index in [2.05, 4.69) is 19.2 Å². The molecule has 0 rings (SSSR count). The number of nitrogens with one attached hydrogen (secondary N) is 1. The highest BCUT2D eigenvalue weighted by molar-refractivity contribution is 4.51. The van der Waals surface area contributed by atoms with Crippen molar-refractivity contribution >= 4 is 0 Å². The van der Waals surface area contributed by atoms with Crippen LogP contribution in [0.25, 0.3) is 0 Å². The summed E-state index contributed by atoms with van der Waals surface area (Å²) >= 11 is 0. The van der Waals surface area contributed by atoms with Gasteiger partial charge in [-0.25, -0.2) is 0 Å². The molecule has 0 aromatic carbocycles. The van der Waals surface area contributed by atoms with Gasteiger partial charge < -0.3 is 5.32 Å². The number of hydrogen-bond acceptors (Lipinski definition) is 1. The van der Waals surface area contributed by atoms with Gasteiger partial charge in [-0.15, -0.1) is 0 Å². The van der Waals surface area contributed by atoms with Crippen LogP contribution >= 0.6 is 0 Å². The highest BCUT2D eigenvalue weighted by Crippen LogP contribution is 2.11. The fourth-order valence-corrected chi connectivity index (χ4v) is 2.72. The summed E-state index contributed by atoms with van der Waals surface area (Å²) < 4.78 is 0. The van der Waals surface area contributed by atoms with E-state index in [1.807, 2.05) is 0 Å². The molecule has 0 radical (unpaired) electrons. The molecule has 0 fully saturated rings. The molecule has 0 spiro atoms. The van der Waals surface area contributed by atoms with E-state index in [0.717, 1.165) is 0 Å². The molecule has 0 aromatic rings. The smallest absolute Gasteiger partial charge is 0.00489 e. The van der Waals surface area contributed by atoms with Gasteiger partial charge in [-0.05, 0) is 25.9 Å². The Morgan fingerprint density at radius 3 is 1.10 bits per heavy atom. The van der Waals surface area contributed by atoms with Gasteiger partial charge in [0.05, 0.1) is 0 Å². The van der Waals surface area contributed by atoms with E-state index in [9.17, 15) is 0 Å². The van der Waals surface area contributed by atoms with E-state index >= 15 is 0 Å². The van der Waals surface area contributed by atoms with Crippen LogP contribution in [-0.2, 0) is 0 Å². The second-order valence-corrected chi connectivity index (χ2v) is 6.35. The van der Waals surface area contributed by atoms with Gasteiger partial charge in [0.2, 0.25) is 0 Å². The minimum atomic E-state index is 1.23. The monoisotopic (exact) mass is 283 g/mol. The van der Waals surface area contributed by atoms with Crippen molar-refractivity contribution < 1.29 is 0 Å². The summed E-state index contributed by atoms with van der Waals surface area (Å²) in [5, 5.41) is 3.58. The first-order valence-corrected chi connectivity index (χ1v) is 9.62. The lowest BCUT2D eigenvalue weighted by Gasteiger charge is -2.05. The lowest BCUT2D eigenvalue weighted by Crippen LogP contribution is -2.16. The van der Waals surface area contributed by atoms with Gasteiger partial charge >= 0.3 is 0 Å². The minimum Gasteiger partial charge on any atom is -0.317 e. The fourth-order valence-electron chi connectivity index (χ4n) is 2.72. The summed E-state index contributed by atoms with van der Waals surface area (Å²) in [6.07, 6.45) is 21.4. The maximum Gasteiger partial charge on any atom is -0.00489 e.